The largest absolute Gasteiger partial charge is 0.511 e. The summed E-state index contributed by atoms with van der Waals surface area (Å²) in [7, 11) is 0. The van der Waals surface area contributed by atoms with E-state index in [1.54, 1.807) is 6.07 Å². The summed E-state index contributed by atoms with van der Waals surface area (Å²) >= 11 is 0. The molecule has 0 radical (unpaired) electrons. The molecule has 3 unspecified atom stereocenters. The second kappa shape index (κ2) is 8.38. The lowest BCUT2D eigenvalue weighted by Crippen LogP contribution is -2.43. The van der Waals surface area contributed by atoms with Gasteiger partial charge in [0.2, 0.25) is 0 Å². The number of carbonyl (C=O) groups excluding carboxylic acids is 3. The Bertz CT molecular complexity index is 1370. The van der Waals surface area contributed by atoms with Crippen molar-refractivity contribution < 1.29 is 29.7 Å². The van der Waals surface area contributed by atoms with Crippen LogP contribution in [0.25, 0.3) is 17.9 Å². The first-order valence-electron chi connectivity index (χ1n) is 11.7. The van der Waals surface area contributed by atoms with E-state index in [-0.39, 0.29) is 40.6 Å². The molecule has 3 aliphatic carbocycles. The molecular formula is C29H26O6. The van der Waals surface area contributed by atoms with Crippen LogP contribution in [0.15, 0.2) is 53.3 Å². The maximum absolute atomic E-state index is 13.5. The Kier molecular flexibility index (Phi) is 5.47. The van der Waals surface area contributed by atoms with Crippen molar-refractivity contribution in [3.63, 3.8) is 0 Å². The summed E-state index contributed by atoms with van der Waals surface area (Å²) < 4.78 is 0. The molecule has 0 aliphatic heterocycles. The molecular weight excluding hydrogens is 444 g/mol. The fraction of sp³-hybridized carbons (Fsp3) is 0.276. The summed E-state index contributed by atoms with van der Waals surface area (Å²) in [6.45, 7) is 3.21. The summed E-state index contributed by atoms with van der Waals surface area (Å²) in [5, 5.41) is 32.5. The molecule has 2 aromatic rings. The monoisotopic (exact) mass is 470 g/mol. The third-order valence-corrected chi connectivity index (χ3v) is 7.45. The maximum atomic E-state index is 13.5. The lowest BCUT2D eigenvalue weighted by molar-refractivity contribution is -0.127. The zero-order valence-corrected chi connectivity index (χ0v) is 19.5. The summed E-state index contributed by atoms with van der Waals surface area (Å²) in [6, 6.07) is 11.3. The second-order valence-corrected chi connectivity index (χ2v) is 9.72. The van der Waals surface area contributed by atoms with E-state index in [1.807, 2.05) is 43.3 Å². The van der Waals surface area contributed by atoms with Gasteiger partial charge >= 0.3 is 0 Å². The lowest BCUT2D eigenvalue weighted by Gasteiger charge is -2.41. The Morgan fingerprint density at radius 2 is 1.69 bits per heavy atom. The first kappa shape index (κ1) is 22.8. The first-order chi connectivity index (χ1) is 16.7. The molecule has 1 saturated carbocycles. The molecule has 3 atom stereocenters. The predicted octanol–water partition coefficient (Wildman–Crippen LogP) is 4.89. The number of Topliss-reactive ketones (excluding diaryl/α,β-unsaturated/α-hetero) is 3. The molecule has 3 N–H and O–H groups in total. The number of aryl methyl sites for hydroxylation is 1. The van der Waals surface area contributed by atoms with Gasteiger partial charge in [0, 0.05) is 12.0 Å². The van der Waals surface area contributed by atoms with Gasteiger partial charge in [-0.3, -0.25) is 14.4 Å². The average Bonchev–Trinajstić information content (AvgIpc) is 2.78. The third kappa shape index (κ3) is 3.70. The molecule has 0 saturated heterocycles. The van der Waals surface area contributed by atoms with Crippen LogP contribution < -0.4 is 0 Å². The number of hydrogen-bond acceptors (Lipinski definition) is 6. The standard InChI is InChI=1S/C29H26O6/c1-14-3-5-16(6-4-14)7-8-17-9-10-21(31)26-20(17)12-18-11-19-13-22(32)23(15(2)30)27(33)25(19)28(34)24(18)29(26)35/h3-10,18-19,25,31,33,35H,11-13H2,1-2H3/b8-7+. The van der Waals surface area contributed by atoms with E-state index in [4.69, 9.17) is 0 Å². The Hall–Kier alpha value is -3.93. The Labute approximate surface area is 202 Å². The van der Waals surface area contributed by atoms with Crippen molar-refractivity contribution in [1.82, 2.24) is 0 Å². The number of benzene rings is 2. The fourth-order valence-electron chi connectivity index (χ4n) is 5.80. The van der Waals surface area contributed by atoms with Crippen LogP contribution in [0.2, 0.25) is 0 Å². The molecule has 0 bridgehead atoms. The number of aliphatic hydroxyl groups excluding tert-OH is 2. The van der Waals surface area contributed by atoms with E-state index in [1.165, 1.54) is 13.0 Å². The van der Waals surface area contributed by atoms with Gasteiger partial charge in [0.15, 0.2) is 17.3 Å². The zero-order valence-electron chi connectivity index (χ0n) is 19.5. The van der Waals surface area contributed by atoms with Crippen molar-refractivity contribution in [3.8, 4) is 5.75 Å². The highest BCUT2D eigenvalue weighted by atomic mass is 16.3. The molecule has 0 spiro atoms. The van der Waals surface area contributed by atoms with Gasteiger partial charge in [0.25, 0.3) is 0 Å². The summed E-state index contributed by atoms with van der Waals surface area (Å²) in [6.07, 6.45) is 4.70. The van der Waals surface area contributed by atoms with Crippen molar-refractivity contribution in [3.05, 3.63) is 81.1 Å². The molecule has 6 nitrogen and oxygen atoms in total. The smallest absolute Gasteiger partial charge is 0.173 e. The van der Waals surface area contributed by atoms with Crippen LogP contribution in [-0.2, 0) is 20.8 Å². The van der Waals surface area contributed by atoms with Crippen LogP contribution in [-0.4, -0.2) is 32.7 Å². The van der Waals surface area contributed by atoms with Crippen molar-refractivity contribution in [2.75, 3.05) is 0 Å². The minimum atomic E-state index is -1.03. The summed E-state index contributed by atoms with van der Waals surface area (Å²) in [5.41, 5.74) is 3.77. The quantitative estimate of drug-likeness (QED) is 0.435. The van der Waals surface area contributed by atoms with Crippen molar-refractivity contribution in [2.24, 2.45) is 17.8 Å². The van der Waals surface area contributed by atoms with Gasteiger partial charge in [0.05, 0.1) is 17.1 Å². The minimum Gasteiger partial charge on any atom is -0.511 e. The lowest BCUT2D eigenvalue weighted by atomic mass is 9.61. The SMILES string of the molecule is CC(=O)C1=C(O)C2C(=O)C3=C(O)c4c(O)ccc(/C=C/c5ccc(C)cc5)c4CC3CC2CC1=O. The molecule has 1 fully saturated rings. The van der Waals surface area contributed by atoms with Gasteiger partial charge in [-0.15, -0.1) is 0 Å². The van der Waals surface area contributed by atoms with E-state index in [0.717, 1.165) is 22.3 Å². The van der Waals surface area contributed by atoms with E-state index in [2.05, 4.69) is 0 Å². The van der Waals surface area contributed by atoms with E-state index in [0.29, 0.717) is 12.8 Å². The van der Waals surface area contributed by atoms with Crippen LogP contribution in [0.5, 0.6) is 5.75 Å². The second-order valence-electron chi connectivity index (χ2n) is 9.72. The van der Waals surface area contributed by atoms with Crippen LogP contribution in [0.1, 0.15) is 47.6 Å². The molecule has 2 aromatic carbocycles. The number of hydrogen-bond donors (Lipinski definition) is 3. The molecule has 0 amide bonds. The van der Waals surface area contributed by atoms with Crippen LogP contribution in [0.4, 0.5) is 0 Å². The zero-order chi connectivity index (χ0) is 25.0. The molecule has 178 valence electrons. The maximum Gasteiger partial charge on any atom is 0.173 e. The van der Waals surface area contributed by atoms with Gasteiger partial charge in [-0.2, -0.15) is 0 Å². The molecule has 0 heterocycles. The topological polar surface area (TPSA) is 112 Å². The average molecular weight is 471 g/mol. The summed E-state index contributed by atoms with van der Waals surface area (Å²) in [5.74, 6) is -4.26. The molecule has 3 aliphatic rings. The summed E-state index contributed by atoms with van der Waals surface area (Å²) in [4.78, 5) is 37.9. The van der Waals surface area contributed by atoms with E-state index >= 15 is 0 Å². The van der Waals surface area contributed by atoms with Crippen molar-refractivity contribution >= 4 is 35.3 Å². The fourth-order valence-corrected chi connectivity index (χ4v) is 5.80. The number of carbonyl (C=O) groups is 3. The third-order valence-electron chi connectivity index (χ3n) is 7.45. The van der Waals surface area contributed by atoms with Gasteiger partial charge in [-0.1, -0.05) is 48.0 Å². The number of aromatic hydroxyl groups is 1. The van der Waals surface area contributed by atoms with Crippen LogP contribution >= 0.6 is 0 Å². The Morgan fingerprint density at radius 3 is 2.37 bits per heavy atom. The van der Waals surface area contributed by atoms with E-state index < -0.39 is 34.9 Å². The van der Waals surface area contributed by atoms with Gasteiger partial charge in [-0.25, -0.2) is 0 Å². The molecule has 0 aromatic heterocycles. The Balaban J connectivity index is 1.59. The van der Waals surface area contributed by atoms with Gasteiger partial charge in [0.1, 0.15) is 17.3 Å². The number of phenols is 1. The predicted molar refractivity (Wildman–Crippen MR) is 132 cm³/mol. The number of fused-ring (bicyclic) bond motifs is 3. The highest BCUT2D eigenvalue weighted by Gasteiger charge is 2.50. The number of phenolic OH excluding ortho intramolecular Hbond substituents is 1. The number of ketones is 3. The van der Waals surface area contributed by atoms with Crippen molar-refractivity contribution in [1.29, 1.82) is 0 Å². The highest BCUT2D eigenvalue weighted by Crippen LogP contribution is 2.50. The number of allylic oxidation sites excluding steroid dienone is 3. The first-order valence-corrected chi connectivity index (χ1v) is 11.7. The number of rotatable bonds is 3. The van der Waals surface area contributed by atoms with E-state index in [9.17, 15) is 29.7 Å². The van der Waals surface area contributed by atoms with Crippen LogP contribution in [0.3, 0.4) is 0 Å². The van der Waals surface area contributed by atoms with Crippen LogP contribution in [0, 0.1) is 24.7 Å². The Morgan fingerprint density at radius 1 is 0.971 bits per heavy atom. The van der Waals surface area contributed by atoms with Crippen molar-refractivity contribution in [2.45, 2.75) is 33.1 Å². The normalized spacial score (nSPS) is 23.9. The molecule has 35 heavy (non-hydrogen) atoms. The number of aliphatic hydroxyl groups is 2. The highest BCUT2D eigenvalue weighted by molar-refractivity contribution is 6.22. The molecule has 5 rings (SSSR count). The van der Waals surface area contributed by atoms with Gasteiger partial charge in [-0.05, 0) is 61.3 Å². The molecule has 6 heteroatoms. The van der Waals surface area contributed by atoms with Gasteiger partial charge < -0.3 is 15.3 Å². The minimum absolute atomic E-state index is 0.00695.